The van der Waals surface area contributed by atoms with E-state index in [1.807, 2.05) is 19.1 Å². The first-order valence-electron chi connectivity index (χ1n) is 11.4. The van der Waals surface area contributed by atoms with Crippen LogP contribution in [0, 0.1) is 6.92 Å². The number of carbonyl (C=O) groups excluding carboxylic acids is 1. The summed E-state index contributed by atoms with van der Waals surface area (Å²) in [6, 6.07) is 6.28. The highest BCUT2D eigenvalue weighted by molar-refractivity contribution is 6.30. The number of nitrogens with one attached hydrogen (secondary N) is 2. The lowest BCUT2D eigenvalue weighted by atomic mass is 10.1. The third-order valence-electron chi connectivity index (χ3n) is 6.05. The van der Waals surface area contributed by atoms with E-state index in [0.29, 0.717) is 34.5 Å². The number of likely N-dealkylation sites (N-methyl/N-ethyl adjacent to an activating group) is 1. The number of anilines is 1. The summed E-state index contributed by atoms with van der Waals surface area (Å²) in [5.74, 6) is 0.361. The summed E-state index contributed by atoms with van der Waals surface area (Å²) < 4.78 is 18.1. The molecule has 5 rings (SSSR count). The van der Waals surface area contributed by atoms with E-state index >= 15 is 0 Å². The number of aryl methyl sites for hydroxylation is 1. The van der Waals surface area contributed by atoms with Crippen LogP contribution in [0.5, 0.6) is 5.95 Å². The number of fused-ring (bicyclic) bond motifs is 1. The number of halogens is 1. The van der Waals surface area contributed by atoms with Crippen molar-refractivity contribution < 1.29 is 23.9 Å². The topological polar surface area (TPSA) is 175 Å². The fourth-order valence-corrected chi connectivity index (χ4v) is 4.30. The van der Waals surface area contributed by atoms with Gasteiger partial charge in [-0.05, 0) is 30.2 Å². The average Bonchev–Trinajstić information content (AvgIpc) is 3.59. The molecule has 37 heavy (non-hydrogen) atoms. The third-order valence-corrected chi connectivity index (χ3v) is 6.29. The lowest BCUT2D eigenvalue weighted by molar-refractivity contribution is -0.134. The van der Waals surface area contributed by atoms with Crippen LogP contribution in [0.3, 0.4) is 0 Å². The minimum Gasteiger partial charge on any atom is -0.459 e. The molecule has 3 aromatic heterocycles. The van der Waals surface area contributed by atoms with E-state index in [9.17, 15) is 9.90 Å². The molecule has 0 aliphatic carbocycles. The van der Waals surface area contributed by atoms with E-state index in [2.05, 4.69) is 30.7 Å². The van der Waals surface area contributed by atoms with Crippen molar-refractivity contribution in [1.29, 1.82) is 0 Å². The molecule has 0 bridgehead atoms. The Hall–Kier alpha value is -3.78. The molecule has 0 spiro atoms. The Kier molecular flexibility index (Phi) is 6.93. The van der Waals surface area contributed by atoms with E-state index in [1.54, 1.807) is 12.1 Å². The van der Waals surface area contributed by atoms with Crippen LogP contribution >= 0.6 is 11.6 Å². The van der Waals surface area contributed by atoms with Crippen LogP contribution in [0.25, 0.3) is 11.2 Å². The lowest BCUT2D eigenvalue weighted by Crippen LogP contribution is -2.46. The van der Waals surface area contributed by atoms with Crippen molar-refractivity contribution in [1.82, 2.24) is 30.0 Å². The summed E-state index contributed by atoms with van der Waals surface area (Å²) in [6.07, 6.45) is -0.259. The normalized spacial score (nSPS) is 21.3. The number of hydrogen-bond acceptors (Lipinski definition) is 11. The summed E-state index contributed by atoms with van der Waals surface area (Å²) in [4.78, 5) is 25.1. The zero-order valence-electron chi connectivity index (χ0n) is 20.0. The number of ether oxygens (including phenoxy) is 2. The van der Waals surface area contributed by atoms with Crippen LogP contribution in [0.2, 0.25) is 5.02 Å². The second-order valence-corrected chi connectivity index (χ2v) is 8.95. The Labute approximate surface area is 215 Å². The number of aliphatic hydroxyl groups excluding tert-OH is 1. The van der Waals surface area contributed by atoms with Gasteiger partial charge in [-0.3, -0.25) is 9.36 Å². The van der Waals surface area contributed by atoms with Crippen molar-refractivity contribution in [3.8, 4) is 5.95 Å². The number of benzene rings is 1. The first-order valence-corrected chi connectivity index (χ1v) is 11.8. The number of hydrogen-bond donors (Lipinski definition) is 4. The number of imidazole rings is 1. The number of nitrogens with two attached hydrogens (primary N) is 1. The van der Waals surface area contributed by atoms with Crippen LogP contribution in [-0.4, -0.2) is 61.0 Å². The highest BCUT2D eigenvalue weighted by Gasteiger charge is 2.46. The maximum atomic E-state index is 12.1. The van der Waals surface area contributed by atoms with Gasteiger partial charge in [-0.25, -0.2) is 15.0 Å². The molecule has 14 heteroatoms. The lowest BCUT2D eigenvalue weighted by Gasteiger charge is -2.17. The quantitative estimate of drug-likeness (QED) is 0.259. The SMILES string of the molecule is CNC(=O)[C@H]1O[C@@H](n2cnc3c(NCc4cc(Cl)ccc4COc4cc(C)no4)ncnc32)[C@@H](O)C1N. The van der Waals surface area contributed by atoms with Gasteiger partial charge in [-0.2, -0.15) is 0 Å². The molecule has 1 saturated heterocycles. The standard InChI is InChI=1S/C23H25ClN8O5/c1-11-5-15(37-31-11)35-8-12-3-4-14(24)6-13(12)7-27-20-17-21(29-9-28-20)32(10-30-17)23-18(33)16(25)19(36-23)22(34)26-2/h3-6,9-10,16,18-19,23,33H,7-8,25H2,1-2H3,(H,26,34)(H,27,28,29)/t16?,18-,19-,23+/m0/s1. The first-order chi connectivity index (χ1) is 17.9. The summed E-state index contributed by atoms with van der Waals surface area (Å²) in [5, 5.41) is 20.8. The summed E-state index contributed by atoms with van der Waals surface area (Å²) in [6.45, 7) is 2.42. The molecular weight excluding hydrogens is 504 g/mol. The van der Waals surface area contributed by atoms with Crippen molar-refractivity contribution in [2.75, 3.05) is 12.4 Å². The summed E-state index contributed by atoms with van der Waals surface area (Å²) in [5.41, 5.74) is 9.37. The van der Waals surface area contributed by atoms with Crippen molar-refractivity contribution in [2.24, 2.45) is 5.73 Å². The van der Waals surface area contributed by atoms with Crippen molar-refractivity contribution in [3.05, 3.63) is 58.8 Å². The molecule has 1 aliphatic rings. The molecule has 194 valence electrons. The van der Waals surface area contributed by atoms with Crippen molar-refractivity contribution in [3.63, 3.8) is 0 Å². The van der Waals surface area contributed by atoms with E-state index in [-0.39, 0.29) is 6.61 Å². The molecule has 4 atom stereocenters. The number of amides is 1. The van der Waals surface area contributed by atoms with Gasteiger partial charge in [0.05, 0.1) is 18.1 Å². The zero-order valence-corrected chi connectivity index (χ0v) is 20.7. The average molecular weight is 529 g/mol. The van der Waals surface area contributed by atoms with E-state index < -0.39 is 30.4 Å². The molecule has 13 nitrogen and oxygen atoms in total. The third kappa shape index (κ3) is 4.93. The minimum atomic E-state index is -1.15. The molecule has 1 aromatic carbocycles. The Balaban J connectivity index is 1.35. The van der Waals surface area contributed by atoms with Gasteiger partial charge in [-0.1, -0.05) is 22.8 Å². The van der Waals surface area contributed by atoms with Gasteiger partial charge >= 0.3 is 5.95 Å². The van der Waals surface area contributed by atoms with E-state index in [1.165, 1.54) is 24.3 Å². The molecule has 1 unspecified atom stereocenters. The second-order valence-electron chi connectivity index (χ2n) is 8.52. The van der Waals surface area contributed by atoms with Gasteiger partial charge in [0.15, 0.2) is 29.3 Å². The fourth-order valence-electron chi connectivity index (χ4n) is 4.10. The Morgan fingerprint density at radius 1 is 1.27 bits per heavy atom. The smallest absolute Gasteiger partial charge is 0.311 e. The molecule has 1 amide bonds. The van der Waals surface area contributed by atoms with Crippen LogP contribution in [0.15, 0.2) is 41.4 Å². The predicted molar refractivity (Wildman–Crippen MR) is 132 cm³/mol. The predicted octanol–water partition coefficient (Wildman–Crippen LogP) is 1.30. The maximum Gasteiger partial charge on any atom is 0.311 e. The first kappa shape index (κ1) is 24.9. The summed E-state index contributed by atoms with van der Waals surface area (Å²) in [7, 11) is 1.47. The summed E-state index contributed by atoms with van der Waals surface area (Å²) >= 11 is 6.25. The fraction of sp³-hybridized carbons (Fsp3) is 0.348. The van der Waals surface area contributed by atoms with Crippen LogP contribution in [0.4, 0.5) is 5.82 Å². The van der Waals surface area contributed by atoms with Gasteiger partial charge in [0, 0.05) is 24.7 Å². The van der Waals surface area contributed by atoms with Crippen LogP contribution < -0.4 is 21.1 Å². The molecule has 1 aliphatic heterocycles. The molecule has 4 heterocycles. The van der Waals surface area contributed by atoms with Gasteiger partial charge < -0.3 is 35.5 Å². The van der Waals surface area contributed by atoms with Crippen LogP contribution in [0.1, 0.15) is 23.0 Å². The second kappa shape index (κ2) is 10.3. The van der Waals surface area contributed by atoms with E-state index in [0.717, 1.165) is 16.8 Å². The largest absolute Gasteiger partial charge is 0.459 e. The highest BCUT2D eigenvalue weighted by Crippen LogP contribution is 2.32. The monoisotopic (exact) mass is 528 g/mol. The zero-order chi connectivity index (χ0) is 26.1. The minimum absolute atomic E-state index is 0.250. The number of aromatic nitrogens is 5. The number of rotatable bonds is 8. The molecule has 0 radical (unpaired) electrons. The van der Waals surface area contributed by atoms with Crippen molar-refractivity contribution >= 4 is 34.5 Å². The Morgan fingerprint density at radius 3 is 2.86 bits per heavy atom. The molecule has 0 saturated carbocycles. The highest BCUT2D eigenvalue weighted by atomic mass is 35.5. The molecule has 5 N–H and O–H groups in total. The van der Waals surface area contributed by atoms with Gasteiger partial charge in [0.2, 0.25) is 0 Å². The molecule has 1 fully saturated rings. The number of nitrogens with zero attached hydrogens (tertiary/aromatic N) is 5. The van der Waals surface area contributed by atoms with Gasteiger partial charge in [-0.15, -0.1) is 0 Å². The van der Waals surface area contributed by atoms with Gasteiger partial charge in [0.25, 0.3) is 5.91 Å². The maximum absolute atomic E-state index is 12.1. The van der Waals surface area contributed by atoms with Crippen molar-refractivity contribution in [2.45, 2.75) is 44.6 Å². The Bertz CT molecular complexity index is 1430. The van der Waals surface area contributed by atoms with E-state index in [4.69, 9.17) is 31.3 Å². The molecular formula is C23H25ClN8O5. The number of carbonyl (C=O) groups is 1. The molecule has 4 aromatic rings. The van der Waals surface area contributed by atoms with Crippen LogP contribution in [-0.2, 0) is 22.7 Å². The Morgan fingerprint density at radius 2 is 2.11 bits per heavy atom. The number of aliphatic hydroxyl groups is 1. The van der Waals surface area contributed by atoms with Gasteiger partial charge in [0.1, 0.15) is 19.0 Å².